The van der Waals surface area contributed by atoms with E-state index in [4.69, 9.17) is 0 Å². The van der Waals surface area contributed by atoms with Crippen LogP contribution in [0.3, 0.4) is 0 Å². The average Bonchev–Trinajstić information content (AvgIpc) is 2.39. The highest BCUT2D eigenvalue weighted by atomic mass is 16.2. The molecule has 5 nitrogen and oxygen atoms in total. The number of amides is 4. The molecule has 2 N–H and O–H groups in total. The molecule has 2 rings (SSSR count). The molecule has 0 aromatic heterocycles. The van der Waals surface area contributed by atoms with Crippen LogP contribution >= 0.6 is 0 Å². The highest BCUT2D eigenvalue weighted by molar-refractivity contribution is 6.19. The Labute approximate surface area is 119 Å². The third-order valence-corrected chi connectivity index (χ3v) is 4.40. The number of allylic oxidation sites excluding steroid dienone is 2. The molecule has 5 heteroatoms. The lowest BCUT2D eigenvalue weighted by Gasteiger charge is -2.41. The third-order valence-electron chi connectivity index (χ3n) is 4.40. The van der Waals surface area contributed by atoms with Gasteiger partial charge in [0.05, 0.1) is 0 Å². The van der Waals surface area contributed by atoms with Crippen LogP contribution in [-0.4, -0.2) is 17.8 Å². The summed E-state index contributed by atoms with van der Waals surface area (Å²) in [5, 5.41) is 4.57. The van der Waals surface area contributed by atoms with E-state index >= 15 is 0 Å². The smallest absolute Gasteiger partial charge is 0.277 e. The third kappa shape index (κ3) is 2.62. The second-order valence-corrected chi connectivity index (χ2v) is 6.03. The Morgan fingerprint density at radius 2 is 1.65 bits per heavy atom. The number of hydrogen-bond donors (Lipinski definition) is 2. The van der Waals surface area contributed by atoms with Crippen molar-refractivity contribution in [2.45, 2.75) is 52.4 Å². The van der Waals surface area contributed by atoms with Crippen LogP contribution < -0.4 is 10.6 Å². The zero-order valence-corrected chi connectivity index (χ0v) is 12.1. The van der Waals surface area contributed by atoms with Crippen LogP contribution in [0.4, 0.5) is 4.79 Å². The predicted molar refractivity (Wildman–Crippen MR) is 74.7 cm³/mol. The summed E-state index contributed by atoms with van der Waals surface area (Å²) < 4.78 is 0. The molecule has 0 atom stereocenters. The zero-order chi connectivity index (χ0) is 14.8. The lowest BCUT2D eigenvalue weighted by molar-refractivity contribution is -0.149. The molecule has 1 saturated heterocycles. The molecule has 1 aliphatic carbocycles. The minimum atomic E-state index is -1.12. The van der Waals surface area contributed by atoms with Gasteiger partial charge in [-0.3, -0.25) is 20.2 Å². The molecule has 20 heavy (non-hydrogen) atoms. The van der Waals surface area contributed by atoms with Gasteiger partial charge in [-0.1, -0.05) is 30.9 Å². The fourth-order valence-corrected chi connectivity index (χ4v) is 3.25. The first-order chi connectivity index (χ1) is 9.46. The van der Waals surface area contributed by atoms with Crippen molar-refractivity contribution < 1.29 is 14.4 Å². The Hall–Kier alpha value is -1.65. The van der Waals surface area contributed by atoms with Gasteiger partial charge in [0.15, 0.2) is 0 Å². The van der Waals surface area contributed by atoms with Crippen LogP contribution in [0.5, 0.6) is 0 Å². The summed E-state index contributed by atoms with van der Waals surface area (Å²) in [5.74, 6) is -0.855. The number of hydrogen-bond acceptors (Lipinski definition) is 3. The van der Waals surface area contributed by atoms with Gasteiger partial charge >= 0.3 is 6.03 Å². The molecule has 1 heterocycles. The van der Waals surface area contributed by atoms with E-state index in [1.807, 2.05) is 19.9 Å². The number of rotatable bonds is 3. The first-order valence-corrected chi connectivity index (χ1v) is 7.27. The molecule has 0 unspecified atom stereocenters. The molecule has 0 bridgehead atoms. The topological polar surface area (TPSA) is 75.3 Å². The molecule has 0 aromatic rings. The van der Waals surface area contributed by atoms with Gasteiger partial charge in [0, 0.05) is 0 Å². The summed E-state index contributed by atoms with van der Waals surface area (Å²) in [7, 11) is 0. The van der Waals surface area contributed by atoms with Crippen LogP contribution in [0.2, 0.25) is 0 Å². The fourth-order valence-electron chi connectivity index (χ4n) is 3.25. The van der Waals surface area contributed by atoms with Crippen molar-refractivity contribution in [1.29, 1.82) is 0 Å². The van der Waals surface area contributed by atoms with E-state index in [1.54, 1.807) is 0 Å². The van der Waals surface area contributed by atoms with Crippen LogP contribution in [0.15, 0.2) is 11.6 Å². The van der Waals surface area contributed by atoms with Crippen LogP contribution in [0, 0.1) is 11.3 Å². The largest absolute Gasteiger partial charge is 0.328 e. The van der Waals surface area contributed by atoms with E-state index in [1.165, 1.54) is 0 Å². The van der Waals surface area contributed by atoms with Crippen molar-refractivity contribution in [2.24, 2.45) is 11.3 Å². The fraction of sp³-hybridized carbons (Fsp3) is 0.667. The minimum Gasteiger partial charge on any atom is -0.277 e. The quantitative estimate of drug-likeness (QED) is 0.614. The maximum absolute atomic E-state index is 12.4. The molecule has 0 radical (unpaired) electrons. The lowest BCUT2D eigenvalue weighted by atomic mass is 9.65. The first-order valence-electron chi connectivity index (χ1n) is 7.27. The highest BCUT2D eigenvalue weighted by Gasteiger charge is 2.54. The van der Waals surface area contributed by atoms with Gasteiger partial charge < -0.3 is 0 Å². The molecule has 2 aliphatic rings. The maximum Gasteiger partial charge on any atom is 0.328 e. The van der Waals surface area contributed by atoms with Gasteiger partial charge in [-0.25, -0.2) is 4.79 Å². The number of carbonyl (C=O) groups is 3. The lowest BCUT2D eigenvalue weighted by Crippen LogP contribution is -2.65. The number of imide groups is 2. The van der Waals surface area contributed by atoms with Gasteiger partial charge in [0.25, 0.3) is 0 Å². The summed E-state index contributed by atoms with van der Waals surface area (Å²) >= 11 is 0. The summed E-state index contributed by atoms with van der Waals surface area (Å²) in [4.78, 5) is 36.2. The van der Waals surface area contributed by atoms with E-state index in [2.05, 4.69) is 10.6 Å². The molecule has 0 spiro atoms. The summed E-state index contributed by atoms with van der Waals surface area (Å²) in [5.41, 5.74) is -0.0521. The van der Waals surface area contributed by atoms with E-state index < -0.39 is 23.3 Å². The molecule has 2 fully saturated rings. The van der Waals surface area contributed by atoms with E-state index in [9.17, 15) is 14.4 Å². The first kappa shape index (κ1) is 14.8. The zero-order valence-electron chi connectivity index (χ0n) is 12.1. The standard InChI is InChI=1S/C15H22N2O3/c1-10(2)8-9-15(11-6-4-3-5-7-11)12(18)16-14(20)17-13(15)19/h8,11H,3-7,9H2,1-2H3,(H2,16,17,18,19,20). The predicted octanol–water partition coefficient (Wildman–Crippen LogP) is 2.28. The Morgan fingerprint density at radius 1 is 1.10 bits per heavy atom. The maximum atomic E-state index is 12.4. The Morgan fingerprint density at radius 3 is 2.15 bits per heavy atom. The van der Waals surface area contributed by atoms with E-state index in [0.717, 1.165) is 37.7 Å². The van der Waals surface area contributed by atoms with Crippen molar-refractivity contribution in [3.8, 4) is 0 Å². The average molecular weight is 278 g/mol. The second-order valence-electron chi connectivity index (χ2n) is 6.03. The molecule has 4 amide bonds. The second kappa shape index (κ2) is 5.77. The molecule has 1 saturated carbocycles. The molecule has 1 aliphatic heterocycles. The number of urea groups is 1. The van der Waals surface area contributed by atoms with Gasteiger partial charge in [-0.15, -0.1) is 0 Å². The number of barbiturate groups is 1. The Bertz CT molecular complexity index is 438. The summed E-state index contributed by atoms with van der Waals surface area (Å²) in [6.07, 6.45) is 7.24. The molecular weight excluding hydrogens is 256 g/mol. The molecule has 0 aromatic carbocycles. The summed E-state index contributed by atoms with van der Waals surface area (Å²) in [6, 6.07) is -0.705. The highest BCUT2D eigenvalue weighted by Crippen LogP contribution is 2.43. The van der Waals surface area contributed by atoms with E-state index in [-0.39, 0.29) is 5.92 Å². The van der Waals surface area contributed by atoms with Crippen LogP contribution in [-0.2, 0) is 9.59 Å². The van der Waals surface area contributed by atoms with Gasteiger partial charge in [-0.05, 0) is 39.0 Å². The molecule has 110 valence electrons. The SMILES string of the molecule is CC(C)=CCC1(C2CCCCC2)C(=O)NC(=O)NC1=O. The Kier molecular flexibility index (Phi) is 4.26. The minimum absolute atomic E-state index is 0.0138. The normalized spacial score (nSPS) is 23.0. The summed E-state index contributed by atoms with van der Waals surface area (Å²) in [6.45, 7) is 3.89. The number of carbonyl (C=O) groups excluding carboxylic acids is 3. The van der Waals surface area contributed by atoms with Crippen molar-refractivity contribution in [2.75, 3.05) is 0 Å². The van der Waals surface area contributed by atoms with Crippen molar-refractivity contribution in [1.82, 2.24) is 10.6 Å². The number of nitrogens with one attached hydrogen (secondary N) is 2. The van der Waals surface area contributed by atoms with Crippen molar-refractivity contribution in [3.63, 3.8) is 0 Å². The van der Waals surface area contributed by atoms with Gasteiger partial charge in [-0.2, -0.15) is 0 Å². The van der Waals surface area contributed by atoms with Crippen molar-refractivity contribution >= 4 is 17.8 Å². The van der Waals surface area contributed by atoms with Gasteiger partial charge in [0.2, 0.25) is 11.8 Å². The molecular formula is C15H22N2O3. The van der Waals surface area contributed by atoms with Crippen LogP contribution in [0.25, 0.3) is 0 Å². The van der Waals surface area contributed by atoms with E-state index in [0.29, 0.717) is 6.42 Å². The Balaban J connectivity index is 2.36. The van der Waals surface area contributed by atoms with Gasteiger partial charge in [0.1, 0.15) is 5.41 Å². The van der Waals surface area contributed by atoms with Crippen molar-refractivity contribution in [3.05, 3.63) is 11.6 Å². The van der Waals surface area contributed by atoms with Crippen LogP contribution in [0.1, 0.15) is 52.4 Å². The monoisotopic (exact) mass is 278 g/mol.